The van der Waals surface area contributed by atoms with Gasteiger partial charge in [-0.15, -0.1) is 0 Å². The van der Waals surface area contributed by atoms with Crippen LogP contribution in [-0.2, 0) is 9.53 Å². The number of rotatable bonds is 6. The summed E-state index contributed by atoms with van der Waals surface area (Å²) in [5.74, 6) is 1.33. The maximum absolute atomic E-state index is 11.9. The number of esters is 1. The molecule has 1 aromatic carbocycles. The van der Waals surface area contributed by atoms with Gasteiger partial charge in [0.05, 0.1) is 6.54 Å². The lowest BCUT2D eigenvalue weighted by molar-refractivity contribution is -0.156. The van der Waals surface area contributed by atoms with Gasteiger partial charge in [-0.1, -0.05) is 30.3 Å². The quantitative estimate of drug-likeness (QED) is 0.805. The first kappa shape index (κ1) is 18.4. The molecule has 2 aliphatic rings. The van der Waals surface area contributed by atoms with Gasteiger partial charge in [0, 0.05) is 12.0 Å². The van der Waals surface area contributed by atoms with E-state index in [1.165, 1.54) is 24.8 Å². The fraction of sp³-hybridized carbons (Fsp3) is 0.667. The smallest absolute Gasteiger partial charge is 0.320 e. The summed E-state index contributed by atoms with van der Waals surface area (Å²) in [5, 5.41) is 3.75. The third-order valence-corrected chi connectivity index (χ3v) is 5.17. The van der Waals surface area contributed by atoms with Gasteiger partial charge in [-0.25, -0.2) is 0 Å². The molecule has 0 amide bonds. The van der Waals surface area contributed by atoms with Crippen molar-refractivity contribution < 1.29 is 9.53 Å². The Hall–Kier alpha value is -1.39. The number of carbonyl (C=O) groups excluding carboxylic acids is 1. The molecule has 0 radical (unpaired) electrons. The van der Waals surface area contributed by atoms with E-state index < -0.39 is 0 Å². The Morgan fingerprint density at radius 1 is 1.20 bits per heavy atom. The lowest BCUT2D eigenvalue weighted by Gasteiger charge is -2.32. The summed E-state index contributed by atoms with van der Waals surface area (Å²) < 4.78 is 5.42. The molecular formula is C21H32N2O2. The van der Waals surface area contributed by atoms with Crippen molar-refractivity contribution in [3.63, 3.8) is 0 Å². The molecule has 4 heteroatoms. The zero-order valence-corrected chi connectivity index (χ0v) is 15.8. The minimum absolute atomic E-state index is 0.104. The number of piperidine rings is 1. The Kier molecular flexibility index (Phi) is 5.80. The number of nitrogens with one attached hydrogen (secondary N) is 1. The number of benzene rings is 1. The number of likely N-dealkylation sites (tertiary alicyclic amines) is 1. The van der Waals surface area contributed by atoms with Crippen molar-refractivity contribution in [3.8, 4) is 0 Å². The van der Waals surface area contributed by atoms with Crippen LogP contribution in [0.2, 0.25) is 0 Å². The van der Waals surface area contributed by atoms with Crippen LogP contribution in [0.5, 0.6) is 0 Å². The summed E-state index contributed by atoms with van der Waals surface area (Å²) >= 11 is 0. The highest BCUT2D eigenvalue weighted by atomic mass is 16.6. The number of carbonyl (C=O) groups is 1. The van der Waals surface area contributed by atoms with Gasteiger partial charge in [0.25, 0.3) is 0 Å². The fourth-order valence-electron chi connectivity index (χ4n) is 3.71. The first-order valence-corrected chi connectivity index (χ1v) is 9.63. The zero-order valence-electron chi connectivity index (χ0n) is 15.8. The SMILES string of the molecule is CC(C)(C)OC(=O)CN1CCC(CNC2CC2c2ccccc2)CC1. The van der Waals surface area contributed by atoms with Gasteiger partial charge >= 0.3 is 5.97 Å². The first-order chi connectivity index (χ1) is 11.9. The monoisotopic (exact) mass is 344 g/mol. The molecule has 2 atom stereocenters. The lowest BCUT2D eigenvalue weighted by atomic mass is 9.96. The molecule has 0 aromatic heterocycles. The molecule has 1 saturated carbocycles. The van der Waals surface area contributed by atoms with E-state index in [9.17, 15) is 4.79 Å². The molecule has 1 heterocycles. The summed E-state index contributed by atoms with van der Waals surface area (Å²) in [6.45, 7) is 9.29. The summed E-state index contributed by atoms with van der Waals surface area (Å²) in [6.07, 6.45) is 3.60. The summed E-state index contributed by atoms with van der Waals surface area (Å²) in [4.78, 5) is 14.2. The van der Waals surface area contributed by atoms with Crippen LogP contribution in [-0.4, -0.2) is 48.7 Å². The predicted molar refractivity (Wildman–Crippen MR) is 101 cm³/mol. The molecule has 2 unspecified atom stereocenters. The molecule has 1 aliphatic carbocycles. The van der Waals surface area contributed by atoms with Crippen LogP contribution in [0.3, 0.4) is 0 Å². The van der Waals surface area contributed by atoms with Gasteiger partial charge < -0.3 is 10.1 Å². The molecule has 1 saturated heterocycles. The van der Waals surface area contributed by atoms with Crippen molar-refractivity contribution in [2.24, 2.45) is 5.92 Å². The van der Waals surface area contributed by atoms with Crippen LogP contribution < -0.4 is 5.32 Å². The van der Waals surface area contributed by atoms with Gasteiger partial charge in [0.15, 0.2) is 0 Å². The van der Waals surface area contributed by atoms with Crippen LogP contribution in [0.4, 0.5) is 0 Å². The summed E-state index contributed by atoms with van der Waals surface area (Å²) in [7, 11) is 0. The molecule has 0 bridgehead atoms. The minimum atomic E-state index is -0.390. The Labute approximate surface area is 151 Å². The molecule has 4 nitrogen and oxygen atoms in total. The van der Waals surface area contributed by atoms with E-state index in [1.807, 2.05) is 20.8 Å². The maximum Gasteiger partial charge on any atom is 0.320 e. The Morgan fingerprint density at radius 2 is 1.88 bits per heavy atom. The number of ether oxygens (including phenoxy) is 1. The third kappa shape index (κ3) is 5.82. The van der Waals surface area contributed by atoms with Gasteiger partial charge in [-0.3, -0.25) is 9.69 Å². The van der Waals surface area contributed by atoms with Crippen molar-refractivity contribution in [2.45, 2.75) is 57.6 Å². The molecule has 1 aliphatic heterocycles. The largest absolute Gasteiger partial charge is 0.459 e. The van der Waals surface area contributed by atoms with Crippen LogP contribution >= 0.6 is 0 Å². The molecule has 0 spiro atoms. The molecule has 3 rings (SSSR count). The van der Waals surface area contributed by atoms with Crippen LogP contribution in [0.15, 0.2) is 30.3 Å². The number of hydrogen-bond donors (Lipinski definition) is 1. The molecule has 138 valence electrons. The van der Waals surface area contributed by atoms with Crippen molar-refractivity contribution in [2.75, 3.05) is 26.2 Å². The van der Waals surface area contributed by atoms with Crippen molar-refractivity contribution in [1.82, 2.24) is 10.2 Å². The molecule has 1 N–H and O–H groups in total. The Balaban J connectivity index is 1.32. The fourth-order valence-corrected chi connectivity index (χ4v) is 3.71. The Bertz CT molecular complexity index is 559. The van der Waals surface area contributed by atoms with Gasteiger partial charge in [0.2, 0.25) is 0 Å². The van der Waals surface area contributed by atoms with E-state index in [4.69, 9.17) is 4.74 Å². The van der Waals surface area contributed by atoms with Crippen molar-refractivity contribution in [1.29, 1.82) is 0 Å². The average molecular weight is 344 g/mol. The van der Waals surface area contributed by atoms with E-state index in [-0.39, 0.29) is 11.6 Å². The molecule has 25 heavy (non-hydrogen) atoms. The van der Waals surface area contributed by atoms with E-state index in [2.05, 4.69) is 40.5 Å². The Morgan fingerprint density at radius 3 is 2.52 bits per heavy atom. The van der Waals surface area contributed by atoms with Crippen LogP contribution in [0, 0.1) is 5.92 Å². The third-order valence-electron chi connectivity index (χ3n) is 5.17. The van der Waals surface area contributed by atoms with Crippen molar-refractivity contribution >= 4 is 5.97 Å². The van der Waals surface area contributed by atoms with Crippen molar-refractivity contribution in [3.05, 3.63) is 35.9 Å². The highest BCUT2D eigenvalue weighted by Gasteiger charge is 2.38. The van der Waals surface area contributed by atoms with E-state index >= 15 is 0 Å². The standard InChI is InChI=1S/C21H32N2O2/c1-21(2,3)25-20(24)15-23-11-9-16(10-12-23)14-22-19-13-18(19)17-7-5-4-6-8-17/h4-8,16,18-19,22H,9-15H2,1-3H3. The van der Waals surface area contributed by atoms with Gasteiger partial charge in [-0.05, 0) is 71.1 Å². The molecule has 1 aromatic rings. The first-order valence-electron chi connectivity index (χ1n) is 9.63. The highest BCUT2D eigenvalue weighted by molar-refractivity contribution is 5.72. The lowest BCUT2D eigenvalue weighted by Crippen LogP contribution is -2.41. The second kappa shape index (κ2) is 7.88. The topological polar surface area (TPSA) is 41.6 Å². The summed E-state index contributed by atoms with van der Waals surface area (Å²) in [6, 6.07) is 11.5. The van der Waals surface area contributed by atoms with Gasteiger partial charge in [0.1, 0.15) is 5.60 Å². The molecular weight excluding hydrogens is 312 g/mol. The maximum atomic E-state index is 11.9. The second-order valence-corrected chi connectivity index (χ2v) is 8.57. The normalized spacial score (nSPS) is 24.9. The van der Waals surface area contributed by atoms with E-state index in [1.54, 1.807) is 0 Å². The summed E-state index contributed by atoms with van der Waals surface area (Å²) in [5.41, 5.74) is 1.07. The van der Waals surface area contributed by atoms with Crippen LogP contribution in [0.1, 0.15) is 51.5 Å². The second-order valence-electron chi connectivity index (χ2n) is 8.57. The zero-order chi connectivity index (χ0) is 17.9. The highest BCUT2D eigenvalue weighted by Crippen LogP contribution is 2.40. The molecule has 2 fully saturated rings. The minimum Gasteiger partial charge on any atom is -0.459 e. The average Bonchev–Trinajstić information content (AvgIpc) is 3.33. The van der Waals surface area contributed by atoms with E-state index in [0.717, 1.165) is 25.6 Å². The predicted octanol–water partition coefficient (Wildman–Crippen LogP) is 3.19. The van der Waals surface area contributed by atoms with E-state index in [0.29, 0.717) is 18.5 Å². The van der Waals surface area contributed by atoms with Gasteiger partial charge in [-0.2, -0.15) is 0 Å². The van der Waals surface area contributed by atoms with Crippen LogP contribution in [0.25, 0.3) is 0 Å². The number of hydrogen-bond acceptors (Lipinski definition) is 4. The number of nitrogens with zero attached hydrogens (tertiary/aromatic N) is 1.